The largest absolute Gasteiger partial charge is 0.343 e. The minimum atomic E-state index is -0.603. The van der Waals surface area contributed by atoms with Crippen LogP contribution in [0.25, 0.3) is 10.9 Å². The molecule has 3 rings (SSSR count). The molecule has 0 unspecified atom stereocenters. The van der Waals surface area contributed by atoms with Crippen LogP contribution in [-0.4, -0.2) is 42.0 Å². The van der Waals surface area contributed by atoms with Crippen LogP contribution in [0.15, 0.2) is 30.5 Å². The lowest BCUT2D eigenvalue weighted by Crippen LogP contribution is -2.50. The highest BCUT2D eigenvalue weighted by atomic mass is 16.2. The summed E-state index contributed by atoms with van der Waals surface area (Å²) in [4.78, 5) is 30.1. The molecule has 3 atom stereocenters. The van der Waals surface area contributed by atoms with Crippen LogP contribution in [0.4, 0.5) is 5.69 Å². The zero-order valence-electron chi connectivity index (χ0n) is 18.1. The number of carbonyl (C=O) groups is 2. The van der Waals surface area contributed by atoms with E-state index >= 15 is 0 Å². The van der Waals surface area contributed by atoms with Crippen molar-refractivity contribution in [1.29, 1.82) is 0 Å². The Labute approximate surface area is 178 Å². The van der Waals surface area contributed by atoms with Crippen molar-refractivity contribution in [2.24, 2.45) is 17.6 Å². The number of nitrogens with two attached hydrogens (primary N) is 1. The normalized spacial score (nSPS) is 19.8. The molecule has 0 bridgehead atoms. The van der Waals surface area contributed by atoms with E-state index in [9.17, 15) is 9.59 Å². The summed E-state index contributed by atoms with van der Waals surface area (Å²) in [6.07, 6.45) is 3.86. The van der Waals surface area contributed by atoms with E-state index in [1.54, 1.807) is 6.20 Å². The zero-order valence-corrected chi connectivity index (χ0v) is 18.1. The molecular formula is C23H33N5O2. The molecule has 5 N–H and O–H groups in total. The van der Waals surface area contributed by atoms with Gasteiger partial charge in [0.05, 0.1) is 23.4 Å². The Kier molecular flexibility index (Phi) is 7.39. The van der Waals surface area contributed by atoms with Gasteiger partial charge in [-0.05, 0) is 68.0 Å². The topological polar surface area (TPSA) is 109 Å². The average molecular weight is 412 g/mol. The Hall–Kier alpha value is -2.51. The Morgan fingerprint density at radius 2 is 2.10 bits per heavy atom. The van der Waals surface area contributed by atoms with Gasteiger partial charge in [-0.2, -0.15) is 0 Å². The lowest BCUT2D eigenvalue weighted by atomic mass is 10.0. The molecule has 0 aliphatic carbocycles. The molecular weight excluding hydrogens is 378 g/mol. The number of amides is 2. The second-order valence-corrected chi connectivity index (χ2v) is 8.58. The number of rotatable bonds is 8. The SMILES string of the molecule is CCc1ccc2ncc(NC(=O)[C@@H](CC(C)C)NC(=O)[C@@H]3C[C@H](CN)CN3)cc2c1. The maximum absolute atomic E-state index is 13.0. The second-order valence-electron chi connectivity index (χ2n) is 8.58. The first-order valence-electron chi connectivity index (χ1n) is 10.8. The van der Waals surface area contributed by atoms with Gasteiger partial charge in [0.25, 0.3) is 0 Å². The van der Waals surface area contributed by atoms with Crippen LogP contribution >= 0.6 is 0 Å². The molecule has 0 saturated carbocycles. The minimum absolute atomic E-state index is 0.143. The minimum Gasteiger partial charge on any atom is -0.343 e. The Morgan fingerprint density at radius 1 is 1.30 bits per heavy atom. The first-order chi connectivity index (χ1) is 14.4. The van der Waals surface area contributed by atoms with Crippen LogP contribution in [0.2, 0.25) is 0 Å². The number of benzene rings is 1. The summed E-state index contributed by atoms with van der Waals surface area (Å²) in [5.41, 5.74) is 8.45. The fourth-order valence-electron chi connectivity index (χ4n) is 3.86. The maximum atomic E-state index is 13.0. The van der Waals surface area contributed by atoms with E-state index in [2.05, 4.69) is 40.0 Å². The van der Waals surface area contributed by atoms with Gasteiger partial charge in [0.1, 0.15) is 6.04 Å². The van der Waals surface area contributed by atoms with Crippen molar-refractivity contribution >= 4 is 28.4 Å². The number of carbonyl (C=O) groups excluding carboxylic acids is 2. The third-order valence-corrected chi connectivity index (χ3v) is 5.63. The number of aryl methyl sites for hydroxylation is 1. The summed E-state index contributed by atoms with van der Waals surface area (Å²) in [6.45, 7) is 7.47. The zero-order chi connectivity index (χ0) is 21.7. The third kappa shape index (κ3) is 5.55. The number of anilines is 1. The van der Waals surface area contributed by atoms with Crippen LogP contribution < -0.4 is 21.7 Å². The highest BCUT2D eigenvalue weighted by Gasteiger charge is 2.31. The van der Waals surface area contributed by atoms with Crippen molar-refractivity contribution in [2.75, 3.05) is 18.4 Å². The highest BCUT2D eigenvalue weighted by molar-refractivity contribution is 5.99. The van der Waals surface area contributed by atoms with Crippen molar-refractivity contribution in [3.63, 3.8) is 0 Å². The average Bonchev–Trinajstić information content (AvgIpc) is 3.21. The summed E-state index contributed by atoms with van der Waals surface area (Å²) in [7, 11) is 0. The molecule has 0 radical (unpaired) electrons. The number of pyridine rings is 1. The number of nitrogens with zero attached hydrogens (tertiary/aromatic N) is 1. The Balaban J connectivity index is 1.70. The van der Waals surface area contributed by atoms with E-state index in [0.29, 0.717) is 31.0 Å². The lowest BCUT2D eigenvalue weighted by Gasteiger charge is -2.22. The molecule has 0 spiro atoms. The van der Waals surface area contributed by atoms with Crippen molar-refractivity contribution < 1.29 is 9.59 Å². The molecule has 1 fully saturated rings. The lowest BCUT2D eigenvalue weighted by molar-refractivity contribution is -0.128. The van der Waals surface area contributed by atoms with Crippen LogP contribution in [0.3, 0.4) is 0 Å². The molecule has 2 amide bonds. The predicted octanol–water partition coefficient (Wildman–Crippen LogP) is 2.20. The van der Waals surface area contributed by atoms with E-state index < -0.39 is 6.04 Å². The van der Waals surface area contributed by atoms with E-state index in [0.717, 1.165) is 23.9 Å². The predicted molar refractivity (Wildman–Crippen MR) is 120 cm³/mol. The number of hydrogen-bond acceptors (Lipinski definition) is 5. The first kappa shape index (κ1) is 22.2. The van der Waals surface area contributed by atoms with Crippen LogP contribution in [-0.2, 0) is 16.0 Å². The molecule has 2 heterocycles. The van der Waals surface area contributed by atoms with Crippen LogP contribution in [0.1, 0.15) is 39.2 Å². The molecule has 1 aromatic carbocycles. The van der Waals surface area contributed by atoms with Crippen LogP contribution in [0.5, 0.6) is 0 Å². The highest BCUT2D eigenvalue weighted by Crippen LogP contribution is 2.20. The van der Waals surface area contributed by atoms with Gasteiger partial charge in [-0.3, -0.25) is 14.6 Å². The second kappa shape index (κ2) is 10.00. The number of aromatic nitrogens is 1. The maximum Gasteiger partial charge on any atom is 0.247 e. The quantitative estimate of drug-likeness (QED) is 0.532. The first-order valence-corrected chi connectivity index (χ1v) is 10.8. The smallest absolute Gasteiger partial charge is 0.247 e. The molecule has 7 nitrogen and oxygen atoms in total. The van der Waals surface area contributed by atoms with Crippen molar-refractivity contribution in [2.45, 2.75) is 52.1 Å². The van der Waals surface area contributed by atoms with Crippen molar-refractivity contribution in [3.05, 3.63) is 36.0 Å². The molecule has 162 valence electrons. The van der Waals surface area contributed by atoms with Gasteiger partial charge in [-0.1, -0.05) is 26.8 Å². The molecule has 1 aromatic heterocycles. The van der Waals surface area contributed by atoms with E-state index in [1.807, 2.05) is 26.0 Å². The molecule has 1 aliphatic heterocycles. The molecule has 2 aromatic rings. The Bertz CT molecular complexity index is 898. The number of nitrogens with one attached hydrogen (secondary N) is 3. The number of fused-ring (bicyclic) bond motifs is 1. The van der Waals surface area contributed by atoms with Gasteiger partial charge >= 0.3 is 0 Å². The summed E-state index contributed by atoms with van der Waals surface area (Å²) in [5, 5.41) is 10.1. The monoisotopic (exact) mass is 411 g/mol. The van der Waals surface area contributed by atoms with E-state index in [1.165, 1.54) is 5.56 Å². The Morgan fingerprint density at radius 3 is 2.77 bits per heavy atom. The summed E-state index contributed by atoms with van der Waals surface area (Å²) >= 11 is 0. The van der Waals surface area contributed by atoms with Crippen molar-refractivity contribution in [1.82, 2.24) is 15.6 Å². The summed E-state index contributed by atoms with van der Waals surface area (Å²) < 4.78 is 0. The van der Waals surface area contributed by atoms with Gasteiger partial charge < -0.3 is 21.7 Å². The van der Waals surface area contributed by atoms with Gasteiger partial charge in [-0.15, -0.1) is 0 Å². The summed E-state index contributed by atoms with van der Waals surface area (Å²) in [5.74, 6) is 0.195. The van der Waals surface area contributed by atoms with Crippen LogP contribution in [0, 0.1) is 11.8 Å². The molecule has 1 aliphatic rings. The number of hydrogen-bond donors (Lipinski definition) is 4. The van der Waals surface area contributed by atoms with Gasteiger partial charge in [0.15, 0.2) is 0 Å². The van der Waals surface area contributed by atoms with Crippen molar-refractivity contribution in [3.8, 4) is 0 Å². The van der Waals surface area contributed by atoms with E-state index in [-0.39, 0.29) is 23.8 Å². The molecule has 30 heavy (non-hydrogen) atoms. The standard InChI is InChI=1S/C23H33N5O2/c1-4-15-5-6-19-17(8-15)10-18(13-26-19)27-23(30)21(7-14(2)3)28-22(29)20-9-16(11-24)12-25-20/h5-6,8,10,13-14,16,20-21,25H,4,7,9,11-12,24H2,1-3H3,(H,27,30)(H,28,29)/t16-,20+,21-/m1/s1. The molecule has 7 heteroatoms. The third-order valence-electron chi connectivity index (χ3n) is 5.63. The molecule has 1 saturated heterocycles. The summed E-state index contributed by atoms with van der Waals surface area (Å²) in [6, 6.07) is 7.17. The van der Waals surface area contributed by atoms with Gasteiger partial charge in [0.2, 0.25) is 11.8 Å². The van der Waals surface area contributed by atoms with Gasteiger partial charge in [-0.25, -0.2) is 0 Å². The fraction of sp³-hybridized carbons (Fsp3) is 0.522. The fourth-order valence-corrected chi connectivity index (χ4v) is 3.86. The van der Waals surface area contributed by atoms with Gasteiger partial charge in [0, 0.05) is 5.39 Å². The van der Waals surface area contributed by atoms with E-state index in [4.69, 9.17) is 5.73 Å².